The van der Waals surface area contributed by atoms with E-state index in [1.807, 2.05) is 19.1 Å². The number of halogens is 3. The van der Waals surface area contributed by atoms with Gasteiger partial charge in [-0.1, -0.05) is 23.2 Å². The highest BCUT2D eigenvalue weighted by molar-refractivity contribution is 9.10. The zero-order chi connectivity index (χ0) is 16.1. The van der Waals surface area contributed by atoms with Gasteiger partial charge in [0.15, 0.2) is 0 Å². The first-order chi connectivity index (χ1) is 10.5. The Bertz CT molecular complexity index is 667. The van der Waals surface area contributed by atoms with Crippen LogP contribution in [0.15, 0.2) is 45.9 Å². The van der Waals surface area contributed by atoms with Crippen LogP contribution in [0.3, 0.4) is 0 Å². The van der Waals surface area contributed by atoms with Crippen LogP contribution in [0, 0.1) is 0 Å². The number of hydrogen-bond donors (Lipinski definition) is 0. The Morgan fingerprint density at radius 1 is 1.32 bits per heavy atom. The van der Waals surface area contributed by atoms with Crippen LogP contribution in [0.4, 0.5) is 5.82 Å². The fourth-order valence-corrected chi connectivity index (χ4v) is 3.40. The second-order valence-corrected chi connectivity index (χ2v) is 7.11. The van der Waals surface area contributed by atoms with Gasteiger partial charge in [-0.3, -0.25) is 9.69 Å². The maximum atomic E-state index is 12.4. The number of nitrogens with zero attached hydrogens (tertiary/aromatic N) is 2. The van der Waals surface area contributed by atoms with Crippen molar-refractivity contribution in [3.05, 3.63) is 51.0 Å². The molecule has 7 heteroatoms. The number of benzene rings is 1. The van der Waals surface area contributed by atoms with E-state index in [4.69, 9.17) is 23.2 Å². The molecular weight excluding hydrogens is 407 g/mol. The topological polar surface area (TPSA) is 33.2 Å². The Morgan fingerprint density at radius 2 is 2.09 bits per heavy atom. The molecule has 2 aromatic rings. The monoisotopic (exact) mass is 418 g/mol. The lowest BCUT2D eigenvalue weighted by Crippen LogP contribution is -2.32. The number of pyridine rings is 1. The largest absolute Gasteiger partial charge is 0.296 e. The van der Waals surface area contributed by atoms with Crippen molar-refractivity contribution in [3.63, 3.8) is 0 Å². The third kappa shape index (κ3) is 4.62. The summed E-state index contributed by atoms with van der Waals surface area (Å²) in [5, 5.41) is 1.19. The molecule has 1 heterocycles. The van der Waals surface area contributed by atoms with Crippen LogP contribution >= 0.6 is 50.9 Å². The zero-order valence-electron chi connectivity index (χ0n) is 11.7. The second kappa shape index (κ2) is 8.20. The zero-order valence-corrected chi connectivity index (χ0v) is 15.6. The Balaban J connectivity index is 2.06. The van der Waals surface area contributed by atoms with Gasteiger partial charge in [-0.15, -0.1) is 11.8 Å². The van der Waals surface area contributed by atoms with E-state index in [0.717, 1.165) is 9.37 Å². The highest BCUT2D eigenvalue weighted by Gasteiger charge is 2.16. The van der Waals surface area contributed by atoms with Crippen LogP contribution in [0.5, 0.6) is 0 Å². The van der Waals surface area contributed by atoms with Gasteiger partial charge < -0.3 is 0 Å². The molecule has 22 heavy (non-hydrogen) atoms. The molecule has 2 rings (SSSR count). The van der Waals surface area contributed by atoms with Crippen molar-refractivity contribution in [2.24, 2.45) is 0 Å². The number of aromatic nitrogens is 1. The minimum atomic E-state index is -0.0293. The highest BCUT2D eigenvalue weighted by Crippen LogP contribution is 2.30. The number of amides is 1. The molecule has 1 amide bonds. The van der Waals surface area contributed by atoms with Crippen LogP contribution < -0.4 is 4.90 Å². The molecule has 0 aliphatic heterocycles. The number of rotatable bonds is 5. The first-order valence-corrected chi connectivity index (χ1v) is 9.04. The molecule has 0 saturated heterocycles. The van der Waals surface area contributed by atoms with Gasteiger partial charge in [0.05, 0.1) is 10.8 Å². The summed E-state index contributed by atoms with van der Waals surface area (Å²) in [6.45, 7) is 2.47. The van der Waals surface area contributed by atoms with Gasteiger partial charge in [0.2, 0.25) is 5.91 Å². The van der Waals surface area contributed by atoms with Crippen molar-refractivity contribution in [2.45, 2.75) is 11.8 Å². The second-order valence-electron chi connectivity index (χ2n) is 4.34. The Hall–Kier alpha value is -0.750. The molecule has 1 aromatic carbocycles. The normalized spacial score (nSPS) is 10.5. The summed E-state index contributed by atoms with van der Waals surface area (Å²) in [6.07, 6.45) is 1.67. The van der Waals surface area contributed by atoms with Crippen LogP contribution in [0.25, 0.3) is 0 Å². The average molecular weight is 420 g/mol. The number of hydrogen-bond acceptors (Lipinski definition) is 3. The molecule has 0 aliphatic carbocycles. The van der Waals surface area contributed by atoms with Crippen LogP contribution in [0.2, 0.25) is 10.0 Å². The predicted octanol–water partition coefficient (Wildman–Crippen LogP) is 5.30. The fraction of sp³-hybridized carbons (Fsp3) is 0.200. The van der Waals surface area contributed by atoms with Crippen LogP contribution in [-0.2, 0) is 4.79 Å². The van der Waals surface area contributed by atoms with Crippen molar-refractivity contribution in [1.29, 1.82) is 0 Å². The van der Waals surface area contributed by atoms with E-state index in [-0.39, 0.29) is 11.7 Å². The average Bonchev–Trinajstić information content (AvgIpc) is 2.51. The predicted molar refractivity (Wildman–Crippen MR) is 97.2 cm³/mol. The number of anilines is 1. The van der Waals surface area contributed by atoms with Crippen molar-refractivity contribution in [1.82, 2.24) is 4.98 Å². The molecule has 0 N–H and O–H groups in total. The lowest BCUT2D eigenvalue weighted by atomic mass is 10.4. The van der Waals surface area contributed by atoms with Crippen LogP contribution in [0.1, 0.15) is 6.92 Å². The van der Waals surface area contributed by atoms with E-state index in [2.05, 4.69) is 20.9 Å². The Morgan fingerprint density at radius 3 is 2.73 bits per heavy atom. The van der Waals surface area contributed by atoms with E-state index < -0.39 is 0 Å². The van der Waals surface area contributed by atoms with Crippen molar-refractivity contribution in [2.75, 3.05) is 17.2 Å². The van der Waals surface area contributed by atoms with Gasteiger partial charge in [0.1, 0.15) is 5.82 Å². The van der Waals surface area contributed by atoms with E-state index in [1.165, 1.54) is 11.8 Å². The van der Waals surface area contributed by atoms with Gasteiger partial charge in [-0.05, 0) is 53.2 Å². The molecule has 0 atom stereocenters. The molecule has 116 valence electrons. The summed E-state index contributed by atoms with van der Waals surface area (Å²) in [5.41, 5.74) is 0. The van der Waals surface area contributed by atoms with Gasteiger partial charge in [0.25, 0.3) is 0 Å². The molecule has 3 nitrogen and oxygen atoms in total. The molecule has 0 bridgehead atoms. The Kier molecular flexibility index (Phi) is 6.56. The van der Waals surface area contributed by atoms with E-state index in [9.17, 15) is 4.79 Å². The van der Waals surface area contributed by atoms with Gasteiger partial charge >= 0.3 is 0 Å². The SMILES string of the molecule is CCN(C(=O)CSc1cc(Cl)ccc1Cl)c1ccc(Br)cn1. The molecular formula is C15H13BrCl2N2OS. The molecule has 0 fully saturated rings. The van der Waals surface area contributed by atoms with E-state index in [0.29, 0.717) is 22.4 Å². The molecule has 1 aromatic heterocycles. The summed E-state index contributed by atoms with van der Waals surface area (Å²) in [4.78, 5) is 19.1. The minimum absolute atomic E-state index is 0.0293. The summed E-state index contributed by atoms with van der Waals surface area (Å²) < 4.78 is 0.875. The van der Waals surface area contributed by atoms with E-state index in [1.54, 1.807) is 29.3 Å². The van der Waals surface area contributed by atoms with Crippen LogP contribution in [-0.4, -0.2) is 23.2 Å². The summed E-state index contributed by atoms with van der Waals surface area (Å²) in [6, 6.07) is 8.88. The smallest absolute Gasteiger partial charge is 0.238 e. The number of thioether (sulfide) groups is 1. The Labute approximate surface area is 152 Å². The standard InChI is InChI=1S/C15H13BrCl2N2OS/c1-2-20(14-6-3-10(16)8-19-14)15(21)9-22-13-7-11(17)4-5-12(13)18/h3-8H,2,9H2,1H3. The lowest BCUT2D eigenvalue weighted by Gasteiger charge is -2.19. The number of carbonyl (C=O) groups is 1. The maximum absolute atomic E-state index is 12.4. The van der Waals surface area contributed by atoms with Gasteiger partial charge in [0, 0.05) is 27.1 Å². The molecule has 0 spiro atoms. The molecule has 0 unspecified atom stereocenters. The number of carbonyl (C=O) groups excluding carboxylic acids is 1. The molecule has 0 saturated carbocycles. The fourth-order valence-electron chi connectivity index (χ4n) is 1.80. The van der Waals surface area contributed by atoms with Crippen molar-refractivity contribution >= 4 is 62.6 Å². The summed E-state index contributed by atoms with van der Waals surface area (Å²) in [5.74, 6) is 0.873. The van der Waals surface area contributed by atoms with Gasteiger partial charge in [-0.25, -0.2) is 4.98 Å². The summed E-state index contributed by atoms with van der Waals surface area (Å²) >= 11 is 16.8. The van der Waals surface area contributed by atoms with Crippen molar-refractivity contribution in [3.8, 4) is 0 Å². The van der Waals surface area contributed by atoms with E-state index >= 15 is 0 Å². The lowest BCUT2D eigenvalue weighted by molar-refractivity contribution is -0.116. The third-order valence-corrected chi connectivity index (χ3v) is 5.04. The maximum Gasteiger partial charge on any atom is 0.238 e. The highest BCUT2D eigenvalue weighted by atomic mass is 79.9. The summed E-state index contributed by atoms with van der Waals surface area (Å²) in [7, 11) is 0. The minimum Gasteiger partial charge on any atom is -0.296 e. The first-order valence-electron chi connectivity index (χ1n) is 6.51. The molecule has 0 aliphatic rings. The first kappa shape index (κ1) is 17.6. The molecule has 0 radical (unpaired) electrons. The third-order valence-electron chi connectivity index (χ3n) is 2.85. The van der Waals surface area contributed by atoms with Gasteiger partial charge in [-0.2, -0.15) is 0 Å². The van der Waals surface area contributed by atoms with Crippen molar-refractivity contribution < 1.29 is 4.79 Å². The quantitative estimate of drug-likeness (QED) is 0.616.